The molecule has 1 aliphatic heterocycles. The fourth-order valence-electron chi connectivity index (χ4n) is 2.36. The van der Waals surface area contributed by atoms with Gasteiger partial charge in [-0.15, -0.1) is 0 Å². The van der Waals surface area contributed by atoms with E-state index < -0.39 is 0 Å². The van der Waals surface area contributed by atoms with Gasteiger partial charge in [-0.3, -0.25) is 0 Å². The third-order valence-electron chi connectivity index (χ3n) is 3.41. The minimum atomic E-state index is 0.850. The molecule has 0 radical (unpaired) electrons. The molecule has 2 nitrogen and oxygen atoms in total. The number of aryl methyl sites for hydroxylation is 1. The van der Waals surface area contributed by atoms with E-state index in [2.05, 4.69) is 45.7 Å². The predicted octanol–water partition coefficient (Wildman–Crippen LogP) is 2.87. The summed E-state index contributed by atoms with van der Waals surface area (Å²) in [6.07, 6.45) is 2.63. The molecule has 1 fully saturated rings. The molecule has 2 rings (SSSR count). The zero-order valence-electron chi connectivity index (χ0n) is 9.52. The SMILES string of the molecule is Cc1cc(Br)c(C)n1CC1CCNCC1. The highest BCUT2D eigenvalue weighted by Crippen LogP contribution is 2.24. The van der Waals surface area contributed by atoms with Crippen LogP contribution in [0.4, 0.5) is 0 Å². The average Bonchev–Trinajstić information content (AvgIpc) is 2.47. The van der Waals surface area contributed by atoms with Crippen LogP contribution in [0.25, 0.3) is 0 Å². The second-order valence-electron chi connectivity index (χ2n) is 4.52. The number of piperidine rings is 1. The monoisotopic (exact) mass is 270 g/mol. The van der Waals surface area contributed by atoms with E-state index in [1.807, 2.05) is 0 Å². The van der Waals surface area contributed by atoms with Gasteiger partial charge in [0.05, 0.1) is 0 Å². The van der Waals surface area contributed by atoms with Gasteiger partial charge in [-0.1, -0.05) is 0 Å². The Labute approximate surface area is 100 Å². The van der Waals surface area contributed by atoms with E-state index in [0.29, 0.717) is 0 Å². The molecule has 0 unspecified atom stereocenters. The molecule has 84 valence electrons. The highest BCUT2D eigenvalue weighted by atomic mass is 79.9. The second-order valence-corrected chi connectivity index (χ2v) is 5.38. The Morgan fingerprint density at radius 3 is 2.60 bits per heavy atom. The van der Waals surface area contributed by atoms with E-state index in [0.717, 1.165) is 5.92 Å². The Hall–Kier alpha value is -0.280. The van der Waals surface area contributed by atoms with Crippen molar-refractivity contribution in [2.24, 2.45) is 5.92 Å². The van der Waals surface area contributed by atoms with Crippen LogP contribution in [0.3, 0.4) is 0 Å². The van der Waals surface area contributed by atoms with Gasteiger partial charge in [0.1, 0.15) is 0 Å². The molecule has 0 amide bonds. The Balaban J connectivity index is 2.09. The van der Waals surface area contributed by atoms with Crippen LogP contribution in [0.5, 0.6) is 0 Å². The van der Waals surface area contributed by atoms with Crippen molar-refractivity contribution in [1.82, 2.24) is 9.88 Å². The first-order chi connectivity index (χ1) is 7.18. The third-order valence-corrected chi connectivity index (χ3v) is 4.21. The molecule has 1 saturated heterocycles. The summed E-state index contributed by atoms with van der Waals surface area (Å²) in [4.78, 5) is 0. The van der Waals surface area contributed by atoms with Crippen LogP contribution in [0.15, 0.2) is 10.5 Å². The summed E-state index contributed by atoms with van der Waals surface area (Å²) >= 11 is 3.60. The largest absolute Gasteiger partial charge is 0.348 e. The van der Waals surface area contributed by atoms with Gasteiger partial charge in [0.2, 0.25) is 0 Å². The van der Waals surface area contributed by atoms with Crippen molar-refractivity contribution in [3.05, 3.63) is 21.9 Å². The minimum Gasteiger partial charge on any atom is -0.348 e. The number of hydrogen-bond acceptors (Lipinski definition) is 1. The van der Waals surface area contributed by atoms with Gasteiger partial charge in [0.15, 0.2) is 0 Å². The van der Waals surface area contributed by atoms with Crippen molar-refractivity contribution in [2.45, 2.75) is 33.2 Å². The van der Waals surface area contributed by atoms with Crippen LogP contribution in [-0.2, 0) is 6.54 Å². The first kappa shape index (κ1) is 11.2. The van der Waals surface area contributed by atoms with Crippen LogP contribution in [0.2, 0.25) is 0 Å². The lowest BCUT2D eigenvalue weighted by Crippen LogP contribution is -2.30. The molecule has 0 spiro atoms. The molecule has 1 aromatic rings. The summed E-state index contributed by atoms with van der Waals surface area (Å²) in [6, 6.07) is 2.22. The van der Waals surface area contributed by atoms with E-state index in [1.54, 1.807) is 0 Å². The Bertz CT molecular complexity index is 338. The summed E-state index contributed by atoms with van der Waals surface area (Å²) in [5.74, 6) is 0.850. The Kier molecular flexibility index (Phi) is 3.52. The number of hydrogen-bond donors (Lipinski definition) is 1. The highest BCUT2D eigenvalue weighted by Gasteiger charge is 2.16. The first-order valence-electron chi connectivity index (χ1n) is 5.71. The molecule has 1 N–H and O–H groups in total. The van der Waals surface area contributed by atoms with Gasteiger partial charge in [-0.2, -0.15) is 0 Å². The average molecular weight is 271 g/mol. The number of halogens is 1. The number of nitrogens with one attached hydrogen (secondary N) is 1. The van der Waals surface area contributed by atoms with Crippen LogP contribution >= 0.6 is 15.9 Å². The first-order valence-corrected chi connectivity index (χ1v) is 6.50. The van der Waals surface area contributed by atoms with E-state index in [1.165, 1.54) is 48.3 Å². The summed E-state index contributed by atoms with van der Waals surface area (Å²) < 4.78 is 3.69. The van der Waals surface area contributed by atoms with Crippen molar-refractivity contribution < 1.29 is 0 Å². The highest BCUT2D eigenvalue weighted by molar-refractivity contribution is 9.10. The zero-order chi connectivity index (χ0) is 10.8. The second kappa shape index (κ2) is 4.71. The summed E-state index contributed by atoms with van der Waals surface area (Å²) in [5, 5.41) is 3.42. The topological polar surface area (TPSA) is 17.0 Å². The molecule has 3 heteroatoms. The van der Waals surface area contributed by atoms with Gasteiger partial charge in [-0.25, -0.2) is 0 Å². The molecule has 1 aliphatic rings. The maximum Gasteiger partial charge on any atom is 0.0384 e. The predicted molar refractivity (Wildman–Crippen MR) is 67.2 cm³/mol. The molecule has 2 heterocycles. The van der Waals surface area contributed by atoms with Crippen molar-refractivity contribution >= 4 is 15.9 Å². The van der Waals surface area contributed by atoms with Crippen molar-refractivity contribution in [1.29, 1.82) is 0 Å². The summed E-state index contributed by atoms with van der Waals surface area (Å²) in [5.41, 5.74) is 2.74. The molecule has 0 atom stereocenters. The van der Waals surface area contributed by atoms with Crippen molar-refractivity contribution in [3.8, 4) is 0 Å². The molecule has 15 heavy (non-hydrogen) atoms. The normalized spacial score (nSPS) is 18.3. The molecule has 0 saturated carbocycles. The molecule has 0 bridgehead atoms. The lowest BCUT2D eigenvalue weighted by molar-refractivity contribution is 0.329. The number of aromatic nitrogens is 1. The molecule has 0 aromatic carbocycles. The Morgan fingerprint density at radius 2 is 2.07 bits per heavy atom. The van der Waals surface area contributed by atoms with E-state index in [-0.39, 0.29) is 0 Å². The third kappa shape index (κ3) is 2.45. The van der Waals surface area contributed by atoms with Gasteiger partial charge in [0.25, 0.3) is 0 Å². The van der Waals surface area contributed by atoms with E-state index in [9.17, 15) is 0 Å². The maximum absolute atomic E-state index is 3.60. The Morgan fingerprint density at radius 1 is 1.40 bits per heavy atom. The minimum absolute atomic E-state index is 0.850. The van der Waals surface area contributed by atoms with Crippen LogP contribution < -0.4 is 5.32 Å². The molecule has 1 aromatic heterocycles. The van der Waals surface area contributed by atoms with E-state index >= 15 is 0 Å². The van der Waals surface area contributed by atoms with Gasteiger partial charge in [0, 0.05) is 22.4 Å². The fourth-order valence-corrected chi connectivity index (χ4v) is 2.91. The van der Waals surface area contributed by atoms with Gasteiger partial charge >= 0.3 is 0 Å². The van der Waals surface area contributed by atoms with Crippen molar-refractivity contribution in [2.75, 3.05) is 13.1 Å². The quantitative estimate of drug-likeness (QED) is 0.875. The fraction of sp³-hybridized carbons (Fsp3) is 0.667. The maximum atomic E-state index is 3.60. The van der Waals surface area contributed by atoms with Crippen LogP contribution in [0, 0.1) is 19.8 Å². The zero-order valence-corrected chi connectivity index (χ0v) is 11.1. The van der Waals surface area contributed by atoms with Gasteiger partial charge in [-0.05, 0) is 67.7 Å². The standard InChI is InChI=1S/C12H19BrN2/c1-9-7-12(13)10(2)15(9)8-11-3-5-14-6-4-11/h7,11,14H,3-6,8H2,1-2H3. The van der Waals surface area contributed by atoms with Crippen LogP contribution in [0.1, 0.15) is 24.2 Å². The van der Waals surface area contributed by atoms with Gasteiger partial charge < -0.3 is 9.88 Å². The number of nitrogens with zero attached hydrogens (tertiary/aromatic N) is 1. The molecular formula is C12H19BrN2. The molecule has 0 aliphatic carbocycles. The van der Waals surface area contributed by atoms with Crippen molar-refractivity contribution in [3.63, 3.8) is 0 Å². The summed E-state index contributed by atoms with van der Waals surface area (Å²) in [6.45, 7) is 7.94. The summed E-state index contributed by atoms with van der Waals surface area (Å²) in [7, 11) is 0. The molecular weight excluding hydrogens is 252 g/mol. The smallest absolute Gasteiger partial charge is 0.0384 e. The number of rotatable bonds is 2. The van der Waals surface area contributed by atoms with E-state index in [4.69, 9.17) is 0 Å². The van der Waals surface area contributed by atoms with Crippen LogP contribution in [-0.4, -0.2) is 17.7 Å². The lowest BCUT2D eigenvalue weighted by Gasteiger charge is -2.24. The lowest BCUT2D eigenvalue weighted by atomic mass is 9.98.